The number of hydrogen-bond acceptors (Lipinski definition) is 7. The molecule has 3 aromatic rings. The van der Waals surface area contributed by atoms with Crippen molar-refractivity contribution in [2.75, 3.05) is 18.6 Å². The van der Waals surface area contributed by atoms with Crippen LogP contribution in [-0.2, 0) is 5.75 Å². The molecule has 1 aromatic carbocycles. The highest BCUT2D eigenvalue weighted by Crippen LogP contribution is 2.32. The second kappa shape index (κ2) is 6.64. The Morgan fingerprint density at radius 2 is 2.00 bits per heavy atom. The van der Waals surface area contributed by atoms with Crippen LogP contribution in [0.5, 0.6) is 0 Å². The topological polar surface area (TPSA) is 50.7 Å². The molecule has 4 nitrogen and oxygen atoms in total. The van der Waals surface area contributed by atoms with Crippen LogP contribution in [0.1, 0.15) is 5.56 Å². The lowest BCUT2D eigenvalue weighted by atomic mass is 10.1. The number of rotatable bonds is 5. The maximum Gasteiger partial charge on any atom is 0.175 e. The largest absolute Gasteiger partial charge is 0.373 e. The van der Waals surface area contributed by atoms with Crippen molar-refractivity contribution in [2.45, 2.75) is 14.4 Å². The molecule has 1 N–H and O–H groups in total. The molecule has 21 heavy (non-hydrogen) atoms. The van der Waals surface area contributed by atoms with Crippen molar-refractivity contribution in [1.82, 2.24) is 15.2 Å². The van der Waals surface area contributed by atoms with Crippen molar-refractivity contribution in [2.24, 2.45) is 0 Å². The molecular formula is C14H14N4S3. The lowest BCUT2D eigenvalue weighted by Crippen LogP contribution is -1.98. The summed E-state index contributed by atoms with van der Waals surface area (Å²) in [6, 6.07) is 10.4. The Morgan fingerprint density at radius 3 is 2.76 bits per heavy atom. The smallest absolute Gasteiger partial charge is 0.175 e. The van der Waals surface area contributed by atoms with Crippen LogP contribution in [0.2, 0.25) is 0 Å². The Morgan fingerprint density at radius 1 is 1.19 bits per heavy atom. The number of nitrogens with one attached hydrogen (secondary N) is 1. The first-order valence-electron chi connectivity index (χ1n) is 6.37. The molecular weight excluding hydrogens is 320 g/mol. The third-order valence-electron chi connectivity index (χ3n) is 2.95. The van der Waals surface area contributed by atoms with Crippen LogP contribution in [0.15, 0.2) is 39.0 Å². The zero-order valence-electron chi connectivity index (χ0n) is 11.7. The van der Waals surface area contributed by atoms with E-state index in [1.165, 1.54) is 5.56 Å². The molecule has 0 atom stereocenters. The van der Waals surface area contributed by atoms with Crippen molar-refractivity contribution >= 4 is 51.6 Å². The summed E-state index contributed by atoms with van der Waals surface area (Å²) >= 11 is 4.96. The Balaban J connectivity index is 1.85. The average molecular weight is 334 g/mol. The monoisotopic (exact) mass is 334 g/mol. The Labute approximate surface area is 135 Å². The number of para-hydroxylation sites is 1. The molecule has 0 fully saturated rings. The fraction of sp³-hybridized carbons (Fsp3) is 0.214. The average Bonchev–Trinajstić information content (AvgIpc) is 3.00. The van der Waals surface area contributed by atoms with Gasteiger partial charge in [-0.1, -0.05) is 53.1 Å². The van der Waals surface area contributed by atoms with E-state index < -0.39 is 0 Å². The van der Waals surface area contributed by atoms with Crippen LogP contribution in [0, 0.1) is 0 Å². The van der Waals surface area contributed by atoms with Crippen molar-refractivity contribution in [3.05, 3.63) is 35.9 Å². The Kier molecular flexibility index (Phi) is 4.62. The molecule has 0 unspecified atom stereocenters. The number of anilines is 1. The van der Waals surface area contributed by atoms with Crippen molar-refractivity contribution in [3.63, 3.8) is 0 Å². The van der Waals surface area contributed by atoms with Gasteiger partial charge in [-0.2, -0.15) is 0 Å². The minimum absolute atomic E-state index is 0.830. The molecule has 0 aliphatic heterocycles. The predicted octanol–water partition coefficient (Wildman–Crippen LogP) is 4.14. The van der Waals surface area contributed by atoms with Gasteiger partial charge in [0.05, 0.1) is 5.52 Å². The predicted molar refractivity (Wildman–Crippen MR) is 92.5 cm³/mol. The van der Waals surface area contributed by atoms with Gasteiger partial charge in [-0.05, 0) is 18.4 Å². The third-order valence-corrected chi connectivity index (χ3v) is 6.03. The fourth-order valence-corrected chi connectivity index (χ4v) is 4.37. The quantitative estimate of drug-likeness (QED) is 0.708. The standard InChI is InChI=1S/C14H14N4S3/c1-15-12-10(7-9-5-3-4-6-11(9)16-12)8-20-14-18-17-13(19-2)21-14/h3-7H,8H2,1-2H3,(H,15,16). The maximum absolute atomic E-state index is 4.67. The second-order valence-electron chi connectivity index (χ2n) is 4.27. The summed E-state index contributed by atoms with van der Waals surface area (Å²) in [7, 11) is 1.90. The molecule has 0 aliphatic carbocycles. The molecule has 2 aromatic heterocycles. The number of fused-ring (bicyclic) bond motifs is 1. The number of aromatic nitrogens is 3. The molecule has 0 radical (unpaired) electrons. The zero-order valence-corrected chi connectivity index (χ0v) is 14.1. The van der Waals surface area contributed by atoms with Crippen molar-refractivity contribution < 1.29 is 0 Å². The number of nitrogens with zero attached hydrogens (tertiary/aromatic N) is 3. The minimum atomic E-state index is 0.830. The number of benzene rings is 1. The molecule has 3 rings (SSSR count). The number of hydrogen-bond donors (Lipinski definition) is 1. The molecule has 108 valence electrons. The van der Waals surface area contributed by atoms with Crippen LogP contribution in [0.4, 0.5) is 5.82 Å². The highest BCUT2D eigenvalue weighted by molar-refractivity contribution is 8.02. The van der Waals surface area contributed by atoms with Gasteiger partial charge in [-0.3, -0.25) is 0 Å². The third kappa shape index (κ3) is 3.30. The van der Waals surface area contributed by atoms with Gasteiger partial charge in [0, 0.05) is 23.8 Å². The molecule has 0 bridgehead atoms. The second-order valence-corrected chi connectivity index (χ2v) is 7.52. The summed E-state index contributed by atoms with van der Waals surface area (Å²) in [6.07, 6.45) is 2.02. The summed E-state index contributed by atoms with van der Waals surface area (Å²) < 4.78 is 2.00. The van der Waals surface area contributed by atoms with Crippen LogP contribution >= 0.6 is 34.9 Å². The first kappa shape index (κ1) is 14.6. The summed E-state index contributed by atoms with van der Waals surface area (Å²) in [5, 5.41) is 12.6. The number of thioether (sulfide) groups is 2. The Bertz CT molecular complexity index is 757. The highest BCUT2D eigenvalue weighted by atomic mass is 32.2. The van der Waals surface area contributed by atoms with Gasteiger partial charge in [0.1, 0.15) is 5.82 Å². The minimum Gasteiger partial charge on any atom is -0.373 e. The lowest BCUT2D eigenvalue weighted by molar-refractivity contribution is 0.955. The molecule has 0 aliphatic rings. The van der Waals surface area contributed by atoms with Gasteiger partial charge < -0.3 is 5.32 Å². The summed E-state index contributed by atoms with van der Waals surface area (Å²) in [6.45, 7) is 0. The molecule has 0 amide bonds. The van der Waals surface area contributed by atoms with E-state index in [-0.39, 0.29) is 0 Å². The van der Waals surface area contributed by atoms with Gasteiger partial charge in [-0.15, -0.1) is 10.2 Å². The molecule has 0 spiro atoms. The summed E-state index contributed by atoms with van der Waals surface area (Å²) in [5.41, 5.74) is 2.19. The molecule has 2 heterocycles. The first-order valence-corrected chi connectivity index (χ1v) is 9.39. The van der Waals surface area contributed by atoms with E-state index in [0.717, 1.165) is 31.2 Å². The fourth-order valence-electron chi connectivity index (χ4n) is 1.96. The van der Waals surface area contributed by atoms with E-state index in [1.807, 2.05) is 31.5 Å². The van der Waals surface area contributed by atoms with Gasteiger partial charge in [0.25, 0.3) is 0 Å². The van der Waals surface area contributed by atoms with E-state index in [4.69, 9.17) is 0 Å². The first-order chi connectivity index (χ1) is 10.3. The van der Waals surface area contributed by atoms with E-state index in [1.54, 1.807) is 34.9 Å². The van der Waals surface area contributed by atoms with Gasteiger partial charge in [0.2, 0.25) is 0 Å². The lowest BCUT2D eigenvalue weighted by Gasteiger charge is -2.09. The van der Waals surface area contributed by atoms with Crippen LogP contribution in [0.3, 0.4) is 0 Å². The van der Waals surface area contributed by atoms with E-state index in [0.29, 0.717) is 0 Å². The Hall–Kier alpha value is -1.31. The highest BCUT2D eigenvalue weighted by Gasteiger charge is 2.09. The summed E-state index contributed by atoms with van der Waals surface area (Å²) in [5.74, 6) is 1.76. The van der Waals surface area contributed by atoms with E-state index in [9.17, 15) is 0 Å². The SMILES string of the molecule is CNc1nc2ccccc2cc1CSc1nnc(SC)s1. The van der Waals surface area contributed by atoms with Crippen molar-refractivity contribution in [1.29, 1.82) is 0 Å². The normalized spacial score (nSPS) is 11.0. The number of pyridine rings is 1. The zero-order chi connectivity index (χ0) is 14.7. The van der Waals surface area contributed by atoms with E-state index >= 15 is 0 Å². The molecule has 7 heteroatoms. The van der Waals surface area contributed by atoms with E-state index in [2.05, 4.69) is 32.6 Å². The van der Waals surface area contributed by atoms with Gasteiger partial charge in [0.15, 0.2) is 8.68 Å². The summed E-state index contributed by atoms with van der Waals surface area (Å²) in [4.78, 5) is 4.67. The maximum atomic E-state index is 4.67. The van der Waals surface area contributed by atoms with Gasteiger partial charge in [-0.25, -0.2) is 4.98 Å². The molecule has 0 saturated carbocycles. The van der Waals surface area contributed by atoms with Crippen LogP contribution in [0.25, 0.3) is 10.9 Å². The van der Waals surface area contributed by atoms with Crippen LogP contribution in [-0.4, -0.2) is 28.5 Å². The van der Waals surface area contributed by atoms with Crippen molar-refractivity contribution in [3.8, 4) is 0 Å². The van der Waals surface area contributed by atoms with Crippen LogP contribution < -0.4 is 5.32 Å². The molecule has 0 saturated heterocycles. The van der Waals surface area contributed by atoms with Gasteiger partial charge >= 0.3 is 0 Å².